The molecule has 0 radical (unpaired) electrons. The minimum absolute atomic E-state index is 0.179. The Balaban J connectivity index is 1.44. The Morgan fingerprint density at radius 1 is 1.34 bits per heavy atom. The third-order valence-corrected chi connectivity index (χ3v) is 5.36. The van der Waals surface area contributed by atoms with Crippen molar-refractivity contribution in [2.24, 2.45) is 0 Å². The zero-order valence-corrected chi connectivity index (χ0v) is 17.3. The van der Waals surface area contributed by atoms with Crippen molar-refractivity contribution in [1.82, 2.24) is 25.2 Å². The van der Waals surface area contributed by atoms with Crippen molar-refractivity contribution in [3.05, 3.63) is 47.2 Å². The molecule has 3 aromatic rings. The Morgan fingerprint density at radius 3 is 2.93 bits per heavy atom. The summed E-state index contributed by atoms with van der Waals surface area (Å²) in [5, 5.41) is 4.58. The fraction of sp³-hybridized carbons (Fsp3) is 0.429. The van der Waals surface area contributed by atoms with Gasteiger partial charge in [0.1, 0.15) is 11.6 Å². The maximum Gasteiger partial charge on any atom is 0.291 e. The van der Waals surface area contributed by atoms with Gasteiger partial charge in [-0.1, -0.05) is 0 Å². The van der Waals surface area contributed by atoms with Crippen LogP contribution in [-0.4, -0.2) is 59.0 Å². The molecule has 3 aromatic heterocycles. The number of hydrogen-bond acceptors (Lipinski definition) is 7. The average Bonchev–Trinajstić information content (AvgIpc) is 3.34. The van der Waals surface area contributed by atoms with Crippen LogP contribution < -0.4 is 10.2 Å². The molecule has 1 N–H and O–H groups in total. The maximum absolute atomic E-state index is 12.3. The lowest BCUT2D eigenvalue weighted by atomic mass is 10.2. The zero-order chi connectivity index (χ0) is 20.5. The lowest BCUT2D eigenvalue weighted by Gasteiger charge is -2.22. The lowest BCUT2D eigenvalue weighted by Crippen LogP contribution is -2.33. The number of aryl methyl sites for hydroxylation is 1. The summed E-state index contributed by atoms with van der Waals surface area (Å²) in [4.78, 5) is 29.3. The van der Waals surface area contributed by atoms with Gasteiger partial charge in [-0.05, 0) is 38.5 Å². The number of fused-ring (bicyclic) bond motifs is 1. The molecule has 1 saturated heterocycles. The van der Waals surface area contributed by atoms with Gasteiger partial charge in [0, 0.05) is 56.1 Å². The van der Waals surface area contributed by atoms with Crippen LogP contribution in [0.2, 0.25) is 0 Å². The summed E-state index contributed by atoms with van der Waals surface area (Å²) in [6.07, 6.45) is 2.73. The highest BCUT2D eigenvalue weighted by molar-refractivity contribution is 5.90. The van der Waals surface area contributed by atoms with Crippen molar-refractivity contribution >= 4 is 22.8 Å². The molecule has 0 unspecified atom stereocenters. The smallest absolute Gasteiger partial charge is 0.291 e. The summed E-state index contributed by atoms with van der Waals surface area (Å²) in [6.45, 7) is 6.30. The molecular weight excluding hydrogens is 368 g/mol. The van der Waals surface area contributed by atoms with E-state index in [-0.39, 0.29) is 11.7 Å². The summed E-state index contributed by atoms with van der Waals surface area (Å²) in [5.41, 5.74) is 2.53. The molecule has 1 atom stereocenters. The third kappa shape index (κ3) is 3.93. The first-order valence-electron chi connectivity index (χ1n) is 9.81. The summed E-state index contributed by atoms with van der Waals surface area (Å²) in [5.74, 6) is 1.80. The Bertz CT molecular complexity index is 1010. The number of aromatic nitrogens is 3. The lowest BCUT2D eigenvalue weighted by molar-refractivity contribution is 0.0815. The van der Waals surface area contributed by atoms with E-state index < -0.39 is 0 Å². The van der Waals surface area contributed by atoms with Crippen LogP contribution in [0.4, 0.5) is 5.82 Å². The second-order valence-electron chi connectivity index (χ2n) is 7.70. The molecule has 1 aliphatic rings. The molecule has 0 aliphatic carbocycles. The van der Waals surface area contributed by atoms with Crippen LogP contribution in [0.5, 0.6) is 0 Å². The quantitative estimate of drug-likeness (QED) is 0.710. The Kier molecular flexibility index (Phi) is 5.19. The number of anilines is 1. The van der Waals surface area contributed by atoms with E-state index in [9.17, 15) is 4.79 Å². The monoisotopic (exact) mass is 394 g/mol. The topological polar surface area (TPSA) is 87.4 Å². The molecule has 1 amide bonds. The first-order valence-corrected chi connectivity index (χ1v) is 9.81. The maximum atomic E-state index is 12.3. The van der Waals surface area contributed by atoms with Gasteiger partial charge in [-0.25, -0.2) is 15.0 Å². The molecule has 1 fully saturated rings. The van der Waals surface area contributed by atoms with Gasteiger partial charge in [0.05, 0.1) is 6.54 Å². The molecule has 1 aliphatic heterocycles. The highest BCUT2D eigenvalue weighted by Gasteiger charge is 2.27. The highest BCUT2D eigenvalue weighted by Crippen LogP contribution is 2.25. The van der Waals surface area contributed by atoms with Crippen molar-refractivity contribution in [2.45, 2.75) is 32.9 Å². The van der Waals surface area contributed by atoms with Crippen molar-refractivity contribution in [2.75, 3.05) is 32.1 Å². The van der Waals surface area contributed by atoms with E-state index in [2.05, 4.69) is 25.2 Å². The van der Waals surface area contributed by atoms with Crippen LogP contribution in [0.15, 0.2) is 28.8 Å². The Labute approximate surface area is 169 Å². The molecule has 152 valence electrons. The van der Waals surface area contributed by atoms with Gasteiger partial charge in [-0.2, -0.15) is 0 Å². The molecular formula is C21H26N6O2. The van der Waals surface area contributed by atoms with Gasteiger partial charge in [0.15, 0.2) is 0 Å². The number of carbonyl (C=O) groups excluding carboxylic acids is 1. The van der Waals surface area contributed by atoms with Gasteiger partial charge in [0.2, 0.25) is 11.5 Å². The molecule has 0 aromatic carbocycles. The van der Waals surface area contributed by atoms with Crippen LogP contribution in [0.25, 0.3) is 11.1 Å². The van der Waals surface area contributed by atoms with E-state index in [0.717, 1.165) is 47.7 Å². The molecule has 8 heteroatoms. The number of pyridine rings is 1. The minimum Gasteiger partial charge on any atom is -0.441 e. The van der Waals surface area contributed by atoms with Gasteiger partial charge >= 0.3 is 0 Å². The van der Waals surface area contributed by atoms with Crippen LogP contribution in [-0.2, 0) is 6.54 Å². The molecule has 0 bridgehead atoms. The Hall–Kier alpha value is -3.00. The van der Waals surface area contributed by atoms with E-state index >= 15 is 0 Å². The van der Waals surface area contributed by atoms with Gasteiger partial charge in [-0.3, -0.25) is 4.79 Å². The molecule has 0 saturated carbocycles. The summed E-state index contributed by atoms with van der Waals surface area (Å²) < 4.78 is 5.79. The van der Waals surface area contributed by atoms with Crippen molar-refractivity contribution in [3.8, 4) is 0 Å². The largest absolute Gasteiger partial charge is 0.441 e. The fourth-order valence-electron chi connectivity index (χ4n) is 3.59. The van der Waals surface area contributed by atoms with Crippen molar-refractivity contribution in [3.63, 3.8) is 0 Å². The summed E-state index contributed by atoms with van der Waals surface area (Å²) >= 11 is 0. The third-order valence-electron chi connectivity index (χ3n) is 5.36. The average molecular weight is 394 g/mol. The number of hydrogen-bond donors (Lipinski definition) is 1. The normalized spacial score (nSPS) is 16.6. The second-order valence-corrected chi connectivity index (χ2v) is 7.70. The second kappa shape index (κ2) is 7.79. The fourth-order valence-corrected chi connectivity index (χ4v) is 3.59. The first-order chi connectivity index (χ1) is 13.9. The van der Waals surface area contributed by atoms with E-state index in [0.29, 0.717) is 18.3 Å². The van der Waals surface area contributed by atoms with Gasteiger partial charge in [0.25, 0.3) is 5.91 Å². The van der Waals surface area contributed by atoms with Gasteiger partial charge in [-0.15, -0.1) is 0 Å². The van der Waals surface area contributed by atoms with Gasteiger partial charge < -0.3 is 19.5 Å². The molecule has 0 spiro atoms. The van der Waals surface area contributed by atoms with Crippen LogP contribution in [0.3, 0.4) is 0 Å². The van der Waals surface area contributed by atoms with E-state index in [1.54, 1.807) is 20.3 Å². The van der Waals surface area contributed by atoms with Crippen LogP contribution >= 0.6 is 0 Å². The SMILES string of the molecule is Cc1nc(C(=O)N(C)C)nc(N2CC[C@@H](NCc3cc4cccnc4o3)C2)c1C. The van der Waals surface area contributed by atoms with E-state index in [4.69, 9.17) is 4.42 Å². The summed E-state index contributed by atoms with van der Waals surface area (Å²) in [6, 6.07) is 6.25. The first kappa shape index (κ1) is 19.3. The van der Waals surface area contributed by atoms with E-state index in [1.807, 2.05) is 32.0 Å². The number of nitrogens with one attached hydrogen (secondary N) is 1. The number of nitrogens with zero attached hydrogens (tertiary/aromatic N) is 5. The standard InChI is InChI=1S/C21H26N6O2/c1-13-14(2)24-18(21(28)26(3)4)25-19(13)27-9-7-16(12-27)23-11-17-10-15-6-5-8-22-20(15)29-17/h5-6,8,10,16,23H,7,9,11-12H2,1-4H3/t16-/m1/s1. The molecule has 8 nitrogen and oxygen atoms in total. The van der Waals surface area contributed by atoms with Crippen molar-refractivity contribution in [1.29, 1.82) is 0 Å². The van der Waals surface area contributed by atoms with Crippen LogP contribution in [0.1, 0.15) is 34.1 Å². The van der Waals surface area contributed by atoms with E-state index in [1.165, 1.54) is 4.90 Å². The molecule has 4 heterocycles. The minimum atomic E-state index is -0.179. The number of carbonyl (C=O) groups is 1. The van der Waals surface area contributed by atoms with Crippen LogP contribution in [0, 0.1) is 13.8 Å². The summed E-state index contributed by atoms with van der Waals surface area (Å²) in [7, 11) is 3.42. The highest BCUT2D eigenvalue weighted by atomic mass is 16.3. The zero-order valence-electron chi connectivity index (χ0n) is 17.3. The number of rotatable bonds is 5. The molecule has 29 heavy (non-hydrogen) atoms. The molecule has 4 rings (SSSR count). The number of amides is 1. The van der Waals surface area contributed by atoms with Crippen molar-refractivity contribution < 1.29 is 9.21 Å². The predicted octanol–water partition coefficient (Wildman–Crippen LogP) is 2.30. The Morgan fingerprint density at radius 2 is 2.17 bits per heavy atom. The number of furan rings is 1. The predicted molar refractivity (Wildman–Crippen MR) is 111 cm³/mol.